The third-order valence-corrected chi connectivity index (χ3v) is 5.28. The normalized spacial score (nSPS) is 14.8. The summed E-state index contributed by atoms with van der Waals surface area (Å²) in [6.07, 6.45) is 1.39. The van der Waals surface area contributed by atoms with Gasteiger partial charge in [0.05, 0.1) is 24.3 Å². The monoisotopic (exact) mass is 403 g/mol. The maximum Gasteiger partial charge on any atom is 0.276 e. The SMILES string of the molecule is O=C(COc1ccc(/C=N\NS(=O)(=O)c2ccccc2)cc1)N1CCOCC1. The van der Waals surface area contributed by atoms with E-state index in [1.165, 1.54) is 18.3 Å². The zero-order valence-corrected chi connectivity index (χ0v) is 16.0. The van der Waals surface area contributed by atoms with Gasteiger partial charge in [0, 0.05) is 13.1 Å². The minimum absolute atomic E-state index is 0.0374. The third-order valence-electron chi connectivity index (χ3n) is 4.05. The Morgan fingerprint density at radius 1 is 1.11 bits per heavy atom. The smallest absolute Gasteiger partial charge is 0.276 e. The van der Waals surface area contributed by atoms with Gasteiger partial charge in [0.1, 0.15) is 5.75 Å². The summed E-state index contributed by atoms with van der Waals surface area (Å²) in [7, 11) is -3.69. The molecule has 0 atom stereocenters. The van der Waals surface area contributed by atoms with Crippen LogP contribution in [0.25, 0.3) is 0 Å². The van der Waals surface area contributed by atoms with E-state index in [9.17, 15) is 13.2 Å². The van der Waals surface area contributed by atoms with E-state index in [0.717, 1.165) is 0 Å². The van der Waals surface area contributed by atoms with Crippen molar-refractivity contribution >= 4 is 22.1 Å². The van der Waals surface area contributed by atoms with Gasteiger partial charge in [-0.05, 0) is 42.0 Å². The third kappa shape index (κ3) is 5.54. The molecule has 0 unspecified atom stereocenters. The summed E-state index contributed by atoms with van der Waals surface area (Å²) in [5, 5.41) is 3.78. The highest BCUT2D eigenvalue weighted by atomic mass is 32.2. The molecule has 148 valence electrons. The molecule has 1 amide bonds. The molecular formula is C19H21N3O5S. The Morgan fingerprint density at radius 2 is 1.79 bits per heavy atom. The lowest BCUT2D eigenvalue weighted by atomic mass is 10.2. The second-order valence-electron chi connectivity index (χ2n) is 6.02. The lowest BCUT2D eigenvalue weighted by Crippen LogP contribution is -2.42. The largest absolute Gasteiger partial charge is 0.484 e. The summed E-state index contributed by atoms with van der Waals surface area (Å²) in [6, 6.07) is 14.8. The van der Waals surface area contributed by atoms with E-state index in [1.54, 1.807) is 47.4 Å². The number of rotatable bonds is 7. The van der Waals surface area contributed by atoms with Crippen LogP contribution in [-0.4, -0.2) is 58.3 Å². The van der Waals surface area contributed by atoms with Crippen molar-refractivity contribution in [2.75, 3.05) is 32.9 Å². The summed E-state index contributed by atoms with van der Waals surface area (Å²) >= 11 is 0. The summed E-state index contributed by atoms with van der Waals surface area (Å²) in [5.74, 6) is 0.466. The zero-order valence-electron chi connectivity index (χ0n) is 15.2. The Kier molecular flexibility index (Phi) is 6.62. The average Bonchev–Trinajstić information content (AvgIpc) is 2.74. The standard InChI is InChI=1S/C19H21N3O5S/c23-19(22-10-12-26-13-11-22)15-27-17-8-6-16(7-9-17)14-20-21-28(24,25)18-4-2-1-3-5-18/h1-9,14,21H,10-13,15H2/b20-14-. The molecule has 2 aromatic rings. The molecular weight excluding hydrogens is 382 g/mol. The molecule has 1 fully saturated rings. The van der Waals surface area contributed by atoms with Crippen molar-refractivity contribution in [3.63, 3.8) is 0 Å². The Morgan fingerprint density at radius 3 is 2.46 bits per heavy atom. The van der Waals surface area contributed by atoms with Crippen molar-refractivity contribution < 1.29 is 22.7 Å². The van der Waals surface area contributed by atoms with Crippen molar-refractivity contribution in [2.24, 2.45) is 5.10 Å². The highest BCUT2D eigenvalue weighted by molar-refractivity contribution is 7.89. The van der Waals surface area contributed by atoms with E-state index in [4.69, 9.17) is 9.47 Å². The number of carbonyl (C=O) groups excluding carboxylic acids is 1. The topological polar surface area (TPSA) is 97.3 Å². The van der Waals surface area contributed by atoms with Crippen molar-refractivity contribution in [1.82, 2.24) is 9.73 Å². The number of hydrogen-bond donors (Lipinski definition) is 1. The summed E-state index contributed by atoms with van der Waals surface area (Å²) in [6.45, 7) is 2.22. The number of sulfonamides is 1. The second-order valence-corrected chi connectivity index (χ2v) is 7.68. The van der Waals surface area contributed by atoms with Gasteiger partial charge in [-0.15, -0.1) is 0 Å². The van der Waals surface area contributed by atoms with E-state index >= 15 is 0 Å². The van der Waals surface area contributed by atoms with Crippen molar-refractivity contribution in [3.05, 3.63) is 60.2 Å². The molecule has 1 saturated heterocycles. The predicted octanol–water partition coefficient (Wildman–Crippen LogP) is 1.24. The van der Waals surface area contributed by atoms with E-state index in [2.05, 4.69) is 9.93 Å². The molecule has 28 heavy (non-hydrogen) atoms. The van der Waals surface area contributed by atoms with Gasteiger partial charge in [0.25, 0.3) is 15.9 Å². The van der Waals surface area contributed by atoms with Crippen LogP contribution in [0.2, 0.25) is 0 Å². The summed E-state index contributed by atoms with van der Waals surface area (Å²) in [5.41, 5.74) is 0.683. The molecule has 0 spiro atoms. The van der Waals surface area contributed by atoms with Gasteiger partial charge in [0.15, 0.2) is 6.61 Å². The molecule has 1 N–H and O–H groups in total. The highest BCUT2D eigenvalue weighted by Gasteiger charge is 2.17. The first-order valence-corrected chi connectivity index (χ1v) is 10.2. The predicted molar refractivity (Wildman–Crippen MR) is 104 cm³/mol. The fourth-order valence-electron chi connectivity index (χ4n) is 2.52. The Balaban J connectivity index is 1.50. The number of ether oxygens (including phenoxy) is 2. The van der Waals surface area contributed by atoms with E-state index < -0.39 is 10.0 Å². The molecule has 3 rings (SSSR count). The van der Waals surface area contributed by atoms with Gasteiger partial charge in [-0.1, -0.05) is 18.2 Å². The number of benzene rings is 2. The Bertz CT molecular complexity index is 908. The van der Waals surface area contributed by atoms with Gasteiger partial charge >= 0.3 is 0 Å². The van der Waals surface area contributed by atoms with Crippen LogP contribution in [0.3, 0.4) is 0 Å². The van der Waals surface area contributed by atoms with Crippen LogP contribution < -0.4 is 9.57 Å². The van der Waals surface area contributed by atoms with E-state index in [1.807, 2.05) is 0 Å². The fraction of sp³-hybridized carbons (Fsp3) is 0.263. The number of morpholine rings is 1. The van der Waals surface area contributed by atoms with Gasteiger partial charge in [-0.2, -0.15) is 13.5 Å². The molecule has 0 aliphatic carbocycles. The van der Waals surface area contributed by atoms with Crippen LogP contribution in [-0.2, 0) is 19.6 Å². The average molecular weight is 403 g/mol. The molecule has 0 bridgehead atoms. The highest BCUT2D eigenvalue weighted by Crippen LogP contribution is 2.12. The number of hydrazone groups is 1. The molecule has 1 aliphatic heterocycles. The van der Waals surface area contributed by atoms with Gasteiger partial charge in [0.2, 0.25) is 0 Å². The summed E-state index contributed by atoms with van der Waals surface area (Å²) < 4.78 is 34.9. The first kappa shape index (κ1) is 19.8. The number of nitrogens with zero attached hydrogens (tertiary/aromatic N) is 2. The van der Waals surface area contributed by atoms with Crippen molar-refractivity contribution in [1.29, 1.82) is 0 Å². The van der Waals surface area contributed by atoms with Crippen LogP contribution in [0, 0.1) is 0 Å². The Hall–Kier alpha value is -2.91. The zero-order chi connectivity index (χ0) is 19.8. The molecule has 9 heteroatoms. The maximum absolute atomic E-state index is 12.1. The second kappa shape index (κ2) is 9.34. The molecule has 0 radical (unpaired) electrons. The van der Waals surface area contributed by atoms with E-state index in [0.29, 0.717) is 37.6 Å². The van der Waals surface area contributed by atoms with Crippen molar-refractivity contribution in [2.45, 2.75) is 4.90 Å². The van der Waals surface area contributed by atoms with Crippen LogP contribution in [0.15, 0.2) is 64.6 Å². The van der Waals surface area contributed by atoms with Crippen LogP contribution in [0.5, 0.6) is 5.75 Å². The number of hydrogen-bond acceptors (Lipinski definition) is 6. The first-order valence-electron chi connectivity index (χ1n) is 8.73. The molecule has 1 heterocycles. The molecule has 8 nitrogen and oxygen atoms in total. The number of nitrogens with one attached hydrogen (secondary N) is 1. The quantitative estimate of drug-likeness (QED) is 0.554. The van der Waals surface area contributed by atoms with Gasteiger partial charge in [-0.3, -0.25) is 4.79 Å². The Labute approximate surface area is 163 Å². The van der Waals surface area contributed by atoms with Crippen LogP contribution in [0.4, 0.5) is 0 Å². The lowest BCUT2D eigenvalue weighted by molar-refractivity contribution is -0.137. The minimum Gasteiger partial charge on any atom is -0.484 e. The summed E-state index contributed by atoms with van der Waals surface area (Å²) in [4.78, 5) is 16.1. The van der Waals surface area contributed by atoms with Crippen molar-refractivity contribution in [3.8, 4) is 5.75 Å². The number of carbonyl (C=O) groups is 1. The minimum atomic E-state index is -3.69. The van der Waals surface area contributed by atoms with E-state index in [-0.39, 0.29) is 17.4 Å². The fourth-order valence-corrected chi connectivity index (χ4v) is 3.33. The number of amides is 1. The van der Waals surface area contributed by atoms with Crippen LogP contribution >= 0.6 is 0 Å². The first-order chi connectivity index (χ1) is 13.5. The van der Waals surface area contributed by atoms with Crippen LogP contribution in [0.1, 0.15) is 5.56 Å². The molecule has 2 aromatic carbocycles. The molecule has 0 saturated carbocycles. The van der Waals surface area contributed by atoms with Gasteiger partial charge < -0.3 is 14.4 Å². The van der Waals surface area contributed by atoms with Gasteiger partial charge in [-0.25, -0.2) is 4.83 Å². The lowest BCUT2D eigenvalue weighted by Gasteiger charge is -2.26. The molecule has 1 aliphatic rings. The maximum atomic E-state index is 12.1. The molecule has 0 aromatic heterocycles.